The number of aryl methyl sites for hydroxylation is 1. The highest BCUT2D eigenvalue weighted by atomic mass is 16.5. The second-order valence-corrected chi connectivity index (χ2v) is 6.48. The van der Waals surface area contributed by atoms with E-state index in [0.717, 1.165) is 11.3 Å². The van der Waals surface area contributed by atoms with Gasteiger partial charge in [-0.3, -0.25) is 4.79 Å². The van der Waals surface area contributed by atoms with E-state index >= 15 is 0 Å². The van der Waals surface area contributed by atoms with Crippen molar-refractivity contribution in [2.75, 3.05) is 6.61 Å². The summed E-state index contributed by atoms with van der Waals surface area (Å²) in [6, 6.07) is 10.5. The number of ether oxygens (including phenoxy) is 2. The summed E-state index contributed by atoms with van der Waals surface area (Å²) >= 11 is 0. The number of carbonyl (C=O) groups excluding carboxylic acids is 2. The van der Waals surface area contributed by atoms with Gasteiger partial charge in [0.25, 0.3) is 5.91 Å². The van der Waals surface area contributed by atoms with E-state index < -0.39 is 5.97 Å². The summed E-state index contributed by atoms with van der Waals surface area (Å²) in [5.41, 5.74) is 2.00. The van der Waals surface area contributed by atoms with Crippen LogP contribution in [0.15, 0.2) is 36.4 Å². The molecule has 0 bridgehead atoms. The van der Waals surface area contributed by atoms with Crippen molar-refractivity contribution in [1.82, 2.24) is 10.3 Å². The Labute approximate surface area is 159 Å². The van der Waals surface area contributed by atoms with Gasteiger partial charge in [0.1, 0.15) is 11.4 Å². The van der Waals surface area contributed by atoms with E-state index in [0.29, 0.717) is 11.3 Å². The van der Waals surface area contributed by atoms with Crippen LogP contribution in [0.2, 0.25) is 0 Å². The molecule has 0 fully saturated rings. The highest BCUT2D eigenvalue weighted by molar-refractivity contribution is 5.95. The fourth-order valence-corrected chi connectivity index (χ4v) is 2.60. The van der Waals surface area contributed by atoms with Crippen molar-refractivity contribution in [3.05, 3.63) is 58.9 Å². The number of carbonyl (C=O) groups is 2. The molecule has 0 spiro atoms. The minimum atomic E-state index is -0.440. The third-order valence-electron chi connectivity index (χ3n) is 3.89. The van der Waals surface area contributed by atoms with E-state index in [2.05, 4.69) is 10.3 Å². The maximum atomic E-state index is 12.5. The first-order valence-electron chi connectivity index (χ1n) is 9.04. The van der Waals surface area contributed by atoms with Gasteiger partial charge in [-0.25, -0.2) is 9.78 Å². The SMILES string of the molecule is CCOC(=O)c1ccc(C(=O)NC(C)c2cccc(OC(C)C)c2)nc1C. The van der Waals surface area contributed by atoms with Gasteiger partial charge < -0.3 is 14.8 Å². The number of benzene rings is 1. The molecule has 0 radical (unpaired) electrons. The molecule has 1 aromatic heterocycles. The normalized spacial score (nSPS) is 11.8. The predicted octanol–water partition coefficient (Wildman–Crippen LogP) is 3.84. The van der Waals surface area contributed by atoms with Crippen LogP contribution in [0.5, 0.6) is 5.75 Å². The monoisotopic (exact) mass is 370 g/mol. The minimum Gasteiger partial charge on any atom is -0.491 e. The molecule has 6 heteroatoms. The lowest BCUT2D eigenvalue weighted by molar-refractivity contribution is 0.0524. The first-order chi connectivity index (χ1) is 12.8. The topological polar surface area (TPSA) is 77.5 Å². The van der Waals surface area contributed by atoms with Crippen LogP contribution < -0.4 is 10.1 Å². The van der Waals surface area contributed by atoms with Crippen molar-refractivity contribution in [2.24, 2.45) is 0 Å². The lowest BCUT2D eigenvalue weighted by Gasteiger charge is -2.16. The number of pyridine rings is 1. The van der Waals surface area contributed by atoms with Crippen molar-refractivity contribution in [1.29, 1.82) is 0 Å². The van der Waals surface area contributed by atoms with Crippen LogP contribution in [0.4, 0.5) is 0 Å². The molecule has 1 amide bonds. The van der Waals surface area contributed by atoms with Crippen LogP contribution in [0.3, 0.4) is 0 Å². The summed E-state index contributed by atoms with van der Waals surface area (Å²) in [5, 5.41) is 2.92. The third kappa shape index (κ3) is 5.54. The molecular weight excluding hydrogens is 344 g/mol. The zero-order valence-electron chi connectivity index (χ0n) is 16.4. The van der Waals surface area contributed by atoms with Gasteiger partial charge in [-0.2, -0.15) is 0 Å². The second kappa shape index (κ2) is 9.16. The summed E-state index contributed by atoms with van der Waals surface area (Å²) in [4.78, 5) is 28.6. The molecule has 0 saturated carbocycles. The van der Waals surface area contributed by atoms with Gasteiger partial charge in [0.05, 0.1) is 30.0 Å². The van der Waals surface area contributed by atoms with Crippen molar-refractivity contribution in [3.8, 4) is 5.75 Å². The number of aromatic nitrogens is 1. The summed E-state index contributed by atoms with van der Waals surface area (Å²) in [6.07, 6.45) is 0.0789. The average molecular weight is 370 g/mol. The Bertz CT molecular complexity index is 818. The van der Waals surface area contributed by atoms with Gasteiger partial charge in [0.2, 0.25) is 0 Å². The minimum absolute atomic E-state index is 0.0789. The maximum Gasteiger partial charge on any atom is 0.339 e. The predicted molar refractivity (Wildman–Crippen MR) is 103 cm³/mol. The van der Waals surface area contributed by atoms with E-state index in [9.17, 15) is 9.59 Å². The first kappa shape index (κ1) is 20.4. The molecule has 0 saturated heterocycles. The Hall–Kier alpha value is -2.89. The van der Waals surface area contributed by atoms with Gasteiger partial charge in [0, 0.05) is 0 Å². The number of nitrogens with one attached hydrogen (secondary N) is 1. The quantitative estimate of drug-likeness (QED) is 0.749. The summed E-state index contributed by atoms with van der Waals surface area (Å²) in [7, 11) is 0. The lowest BCUT2D eigenvalue weighted by atomic mass is 10.1. The summed E-state index contributed by atoms with van der Waals surface area (Å²) < 4.78 is 10.7. The number of rotatable bonds is 7. The van der Waals surface area contributed by atoms with E-state index in [-0.39, 0.29) is 30.4 Å². The number of hydrogen-bond acceptors (Lipinski definition) is 5. The van der Waals surface area contributed by atoms with Crippen LogP contribution in [-0.2, 0) is 4.74 Å². The molecule has 144 valence electrons. The number of amides is 1. The molecule has 6 nitrogen and oxygen atoms in total. The van der Waals surface area contributed by atoms with Crippen molar-refractivity contribution in [3.63, 3.8) is 0 Å². The highest BCUT2D eigenvalue weighted by Crippen LogP contribution is 2.20. The van der Waals surface area contributed by atoms with E-state index in [1.165, 1.54) is 6.07 Å². The Morgan fingerprint density at radius 3 is 2.52 bits per heavy atom. The molecular formula is C21H26N2O4. The van der Waals surface area contributed by atoms with E-state index in [1.54, 1.807) is 19.9 Å². The molecule has 1 N–H and O–H groups in total. The third-order valence-corrected chi connectivity index (χ3v) is 3.89. The van der Waals surface area contributed by atoms with Crippen LogP contribution in [0, 0.1) is 6.92 Å². The first-order valence-corrected chi connectivity index (χ1v) is 9.04. The smallest absolute Gasteiger partial charge is 0.339 e. The molecule has 2 aromatic rings. The van der Waals surface area contributed by atoms with Crippen LogP contribution in [0.25, 0.3) is 0 Å². The molecule has 1 heterocycles. The standard InChI is InChI=1S/C21H26N2O4/c1-6-26-21(25)18-10-11-19(22-15(18)5)20(24)23-14(4)16-8-7-9-17(12-16)27-13(2)3/h7-14H,6H2,1-5H3,(H,23,24). The molecule has 1 unspecified atom stereocenters. The Balaban J connectivity index is 2.10. The largest absolute Gasteiger partial charge is 0.491 e. The molecule has 0 aliphatic rings. The van der Waals surface area contributed by atoms with Crippen molar-refractivity contribution < 1.29 is 19.1 Å². The van der Waals surface area contributed by atoms with Gasteiger partial charge in [-0.05, 0) is 64.4 Å². The van der Waals surface area contributed by atoms with E-state index in [4.69, 9.17) is 9.47 Å². The van der Waals surface area contributed by atoms with Crippen LogP contribution >= 0.6 is 0 Å². The van der Waals surface area contributed by atoms with Crippen LogP contribution in [-0.4, -0.2) is 29.6 Å². The second-order valence-electron chi connectivity index (χ2n) is 6.48. The van der Waals surface area contributed by atoms with E-state index in [1.807, 2.05) is 45.0 Å². The molecule has 0 aliphatic heterocycles. The number of nitrogens with zero attached hydrogens (tertiary/aromatic N) is 1. The van der Waals surface area contributed by atoms with Gasteiger partial charge >= 0.3 is 5.97 Å². The fraction of sp³-hybridized carbons (Fsp3) is 0.381. The molecule has 2 rings (SSSR count). The lowest BCUT2D eigenvalue weighted by Crippen LogP contribution is -2.28. The number of esters is 1. The highest BCUT2D eigenvalue weighted by Gasteiger charge is 2.17. The van der Waals surface area contributed by atoms with Crippen molar-refractivity contribution >= 4 is 11.9 Å². The zero-order valence-corrected chi connectivity index (χ0v) is 16.4. The van der Waals surface area contributed by atoms with Gasteiger partial charge in [-0.1, -0.05) is 12.1 Å². The molecule has 1 aromatic carbocycles. The summed E-state index contributed by atoms with van der Waals surface area (Å²) in [6.45, 7) is 9.53. The Morgan fingerprint density at radius 1 is 1.15 bits per heavy atom. The molecule has 27 heavy (non-hydrogen) atoms. The van der Waals surface area contributed by atoms with Crippen LogP contribution in [0.1, 0.15) is 65.8 Å². The maximum absolute atomic E-state index is 12.5. The Morgan fingerprint density at radius 2 is 1.89 bits per heavy atom. The summed E-state index contributed by atoms with van der Waals surface area (Å²) in [5.74, 6) is 0.0114. The van der Waals surface area contributed by atoms with Gasteiger partial charge in [-0.15, -0.1) is 0 Å². The van der Waals surface area contributed by atoms with Gasteiger partial charge in [0.15, 0.2) is 0 Å². The molecule has 1 atom stereocenters. The molecule has 0 aliphatic carbocycles. The average Bonchev–Trinajstić information content (AvgIpc) is 2.61. The number of hydrogen-bond donors (Lipinski definition) is 1. The Kier molecular flexibility index (Phi) is 6.93. The van der Waals surface area contributed by atoms with Crippen molar-refractivity contribution in [2.45, 2.75) is 46.8 Å². The zero-order chi connectivity index (χ0) is 20.0. The fourth-order valence-electron chi connectivity index (χ4n) is 2.60.